The van der Waals surface area contributed by atoms with Gasteiger partial charge < -0.3 is 10.2 Å². The summed E-state index contributed by atoms with van der Waals surface area (Å²) >= 11 is 0. The van der Waals surface area contributed by atoms with Crippen LogP contribution in [-0.2, 0) is 6.42 Å². The second-order valence-electron chi connectivity index (χ2n) is 6.36. The van der Waals surface area contributed by atoms with E-state index in [1.165, 1.54) is 5.56 Å². The predicted molar refractivity (Wildman–Crippen MR) is 103 cm³/mol. The zero-order valence-electron chi connectivity index (χ0n) is 14.6. The highest BCUT2D eigenvalue weighted by atomic mass is 16.1. The summed E-state index contributed by atoms with van der Waals surface area (Å²) in [6.07, 6.45) is 2.13. The Morgan fingerprint density at radius 2 is 1.81 bits per heavy atom. The number of benzene rings is 2. The third-order valence-electron chi connectivity index (χ3n) is 4.48. The fraction of sp³-hybridized carbons (Fsp3) is 0.190. The van der Waals surface area contributed by atoms with Crippen molar-refractivity contribution in [1.82, 2.24) is 9.97 Å². The van der Waals surface area contributed by atoms with Gasteiger partial charge in [0.1, 0.15) is 17.3 Å². The molecule has 5 nitrogen and oxygen atoms in total. The maximum absolute atomic E-state index is 12.6. The third-order valence-corrected chi connectivity index (χ3v) is 4.48. The van der Waals surface area contributed by atoms with Crippen LogP contribution in [0.25, 0.3) is 0 Å². The monoisotopic (exact) mass is 344 g/mol. The number of amides is 1. The quantitative estimate of drug-likeness (QED) is 0.776. The molecule has 3 aromatic rings. The Hall–Kier alpha value is -3.21. The minimum Gasteiger partial charge on any atom is -0.326 e. The molecule has 0 spiro atoms. The summed E-state index contributed by atoms with van der Waals surface area (Å²) in [4.78, 5) is 23.7. The average Bonchev–Trinajstić information content (AvgIpc) is 2.68. The van der Waals surface area contributed by atoms with Gasteiger partial charge in [0.25, 0.3) is 5.91 Å². The van der Waals surface area contributed by atoms with Crippen LogP contribution in [0.2, 0.25) is 0 Å². The van der Waals surface area contributed by atoms with E-state index in [0.717, 1.165) is 36.6 Å². The number of aromatic nitrogens is 2. The van der Waals surface area contributed by atoms with Crippen molar-refractivity contribution < 1.29 is 4.79 Å². The number of carbonyl (C=O) groups is 1. The van der Waals surface area contributed by atoms with Gasteiger partial charge in [0.2, 0.25) is 0 Å². The lowest BCUT2D eigenvalue weighted by Gasteiger charge is -2.30. The van der Waals surface area contributed by atoms with Crippen molar-refractivity contribution in [2.75, 3.05) is 16.8 Å². The molecule has 2 heterocycles. The van der Waals surface area contributed by atoms with Crippen LogP contribution >= 0.6 is 0 Å². The van der Waals surface area contributed by atoms with E-state index in [1.54, 1.807) is 6.07 Å². The zero-order chi connectivity index (χ0) is 17.9. The smallest absolute Gasteiger partial charge is 0.274 e. The van der Waals surface area contributed by atoms with Gasteiger partial charge in [-0.15, -0.1) is 0 Å². The van der Waals surface area contributed by atoms with Crippen molar-refractivity contribution in [2.45, 2.75) is 19.8 Å². The molecule has 2 aromatic carbocycles. The highest BCUT2D eigenvalue weighted by molar-refractivity contribution is 6.03. The lowest BCUT2D eigenvalue weighted by Crippen LogP contribution is -2.26. The van der Waals surface area contributed by atoms with Crippen molar-refractivity contribution in [3.8, 4) is 0 Å². The average molecular weight is 344 g/mol. The number of hydrogen-bond acceptors (Lipinski definition) is 4. The van der Waals surface area contributed by atoms with Crippen molar-refractivity contribution >= 4 is 23.1 Å². The predicted octanol–water partition coefficient (Wildman–Crippen LogP) is 4.12. The van der Waals surface area contributed by atoms with Gasteiger partial charge in [0, 0.05) is 24.0 Å². The molecule has 0 fully saturated rings. The molecule has 0 atom stereocenters. The third kappa shape index (κ3) is 3.28. The summed E-state index contributed by atoms with van der Waals surface area (Å²) in [5, 5.41) is 2.89. The Morgan fingerprint density at radius 3 is 2.65 bits per heavy atom. The first-order valence-electron chi connectivity index (χ1n) is 8.78. The Kier molecular flexibility index (Phi) is 4.35. The van der Waals surface area contributed by atoms with Crippen molar-refractivity contribution in [1.29, 1.82) is 0 Å². The molecule has 0 saturated heterocycles. The number of anilines is 3. The minimum absolute atomic E-state index is 0.228. The van der Waals surface area contributed by atoms with E-state index >= 15 is 0 Å². The molecule has 4 rings (SSSR count). The number of nitrogens with one attached hydrogen (secondary N) is 1. The highest BCUT2D eigenvalue weighted by Gasteiger charge is 2.21. The molecule has 1 aliphatic rings. The van der Waals surface area contributed by atoms with Gasteiger partial charge in [-0.3, -0.25) is 4.79 Å². The van der Waals surface area contributed by atoms with E-state index in [4.69, 9.17) is 0 Å². The van der Waals surface area contributed by atoms with Gasteiger partial charge in [0.05, 0.1) is 0 Å². The van der Waals surface area contributed by atoms with Gasteiger partial charge in [-0.1, -0.05) is 36.4 Å². The number of fused-ring (bicyclic) bond motifs is 1. The van der Waals surface area contributed by atoms with E-state index in [2.05, 4.69) is 38.4 Å². The van der Waals surface area contributed by atoms with E-state index in [-0.39, 0.29) is 5.91 Å². The van der Waals surface area contributed by atoms with E-state index in [0.29, 0.717) is 11.5 Å². The van der Waals surface area contributed by atoms with Crippen LogP contribution in [0.15, 0.2) is 60.7 Å². The number of carbonyl (C=O) groups excluding carboxylic acids is 1. The molecule has 1 aliphatic heterocycles. The minimum atomic E-state index is -0.228. The molecule has 1 aromatic heterocycles. The lowest BCUT2D eigenvalue weighted by molar-refractivity contribution is 0.102. The first kappa shape index (κ1) is 16.3. The molecule has 0 radical (unpaired) electrons. The zero-order valence-corrected chi connectivity index (χ0v) is 14.6. The van der Waals surface area contributed by atoms with Crippen molar-refractivity contribution in [3.05, 3.63) is 77.7 Å². The summed E-state index contributed by atoms with van der Waals surface area (Å²) in [7, 11) is 0. The maximum atomic E-state index is 12.6. The summed E-state index contributed by atoms with van der Waals surface area (Å²) in [5.74, 6) is 1.12. The van der Waals surface area contributed by atoms with Crippen LogP contribution in [0.1, 0.15) is 28.3 Å². The molecule has 5 heteroatoms. The normalized spacial score (nSPS) is 13.2. The fourth-order valence-electron chi connectivity index (χ4n) is 3.29. The number of hydrogen-bond donors (Lipinski definition) is 1. The molecule has 1 amide bonds. The van der Waals surface area contributed by atoms with Gasteiger partial charge in [-0.2, -0.15) is 0 Å². The maximum Gasteiger partial charge on any atom is 0.274 e. The van der Waals surface area contributed by atoms with Gasteiger partial charge in [0.15, 0.2) is 0 Å². The summed E-state index contributed by atoms with van der Waals surface area (Å²) in [6, 6.07) is 19.5. The standard InChI is InChI=1S/C21H20N4O/c1-15-22-18(21(26)24-17-10-3-2-4-11-17)14-20(23-15)25-13-7-9-16-8-5-6-12-19(16)25/h2-6,8,10-12,14H,7,9,13H2,1H3,(H,24,26). The fourth-order valence-corrected chi connectivity index (χ4v) is 3.29. The van der Waals surface area contributed by atoms with Crippen molar-refractivity contribution in [3.63, 3.8) is 0 Å². The van der Waals surface area contributed by atoms with Gasteiger partial charge in [-0.25, -0.2) is 9.97 Å². The van der Waals surface area contributed by atoms with E-state index in [9.17, 15) is 4.79 Å². The topological polar surface area (TPSA) is 58.1 Å². The van der Waals surface area contributed by atoms with Crippen LogP contribution in [0.5, 0.6) is 0 Å². The van der Waals surface area contributed by atoms with E-state index in [1.807, 2.05) is 43.3 Å². The molecule has 0 bridgehead atoms. The molecule has 1 N–H and O–H groups in total. The molecular weight excluding hydrogens is 324 g/mol. The number of nitrogens with zero attached hydrogens (tertiary/aromatic N) is 3. The summed E-state index contributed by atoms with van der Waals surface area (Å²) in [5.41, 5.74) is 3.59. The molecule has 26 heavy (non-hydrogen) atoms. The highest BCUT2D eigenvalue weighted by Crippen LogP contribution is 2.32. The Balaban J connectivity index is 1.66. The molecule has 0 unspecified atom stereocenters. The number of aryl methyl sites for hydroxylation is 2. The van der Waals surface area contributed by atoms with Crippen LogP contribution in [-0.4, -0.2) is 22.4 Å². The second kappa shape index (κ2) is 6.96. The molecule has 0 aliphatic carbocycles. The first-order valence-corrected chi connectivity index (χ1v) is 8.78. The first-order chi connectivity index (χ1) is 12.7. The molecule has 130 valence electrons. The molecule has 0 saturated carbocycles. The summed E-state index contributed by atoms with van der Waals surface area (Å²) < 4.78 is 0. The van der Waals surface area contributed by atoms with E-state index < -0.39 is 0 Å². The van der Waals surface area contributed by atoms with Crippen molar-refractivity contribution in [2.24, 2.45) is 0 Å². The Morgan fingerprint density at radius 1 is 1.04 bits per heavy atom. The molecular formula is C21H20N4O. The van der Waals surface area contributed by atoms with Crippen LogP contribution in [0, 0.1) is 6.92 Å². The Bertz CT molecular complexity index is 940. The number of para-hydroxylation sites is 2. The summed E-state index contributed by atoms with van der Waals surface area (Å²) in [6.45, 7) is 2.70. The number of rotatable bonds is 3. The lowest BCUT2D eigenvalue weighted by atomic mass is 10.0. The van der Waals surface area contributed by atoms with Crippen LogP contribution < -0.4 is 10.2 Å². The van der Waals surface area contributed by atoms with Gasteiger partial charge >= 0.3 is 0 Å². The van der Waals surface area contributed by atoms with Gasteiger partial charge in [-0.05, 0) is 43.5 Å². The SMILES string of the molecule is Cc1nc(C(=O)Nc2ccccc2)cc(N2CCCc3ccccc32)n1. The van der Waals surface area contributed by atoms with Crippen LogP contribution in [0.4, 0.5) is 17.2 Å². The second-order valence-corrected chi connectivity index (χ2v) is 6.36. The van der Waals surface area contributed by atoms with Crippen LogP contribution in [0.3, 0.4) is 0 Å². The largest absolute Gasteiger partial charge is 0.326 e. The Labute approximate surface area is 152 Å².